The summed E-state index contributed by atoms with van der Waals surface area (Å²) in [5, 5.41) is 0. The Morgan fingerprint density at radius 3 is 1.21 bits per heavy atom. The number of hydrogen-bond donors (Lipinski definition) is 0. The van der Waals surface area contributed by atoms with E-state index in [0.29, 0.717) is 0 Å². The number of benzene rings is 2. The van der Waals surface area contributed by atoms with Gasteiger partial charge in [0.1, 0.15) is 0 Å². The van der Waals surface area contributed by atoms with Gasteiger partial charge < -0.3 is 0 Å². The molecule has 3 heteroatoms. The summed E-state index contributed by atoms with van der Waals surface area (Å²) in [6.07, 6.45) is 44.7. The van der Waals surface area contributed by atoms with Crippen LogP contribution in [0.4, 0.5) is 11.4 Å². The van der Waals surface area contributed by atoms with Gasteiger partial charge in [-0.2, -0.15) is 0 Å². The summed E-state index contributed by atoms with van der Waals surface area (Å²) < 4.78 is 0. The second kappa shape index (κ2) is 36.1. The molecule has 0 heterocycles. The predicted molar refractivity (Wildman–Crippen MR) is 250 cm³/mol. The van der Waals surface area contributed by atoms with Crippen molar-refractivity contribution in [3.8, 4) is 0 Å². The SMILES string of the molecule is CCCCCCCCCCCCCCCCCC=CC(=Nc1ccc(CCCC)c(CCCC)c1)C(CCCC)=Nc1ccc(CCCC)c(CCCC)c1.[Ni]. The largest absolute Gasteiger partial charge is 0.251 e. The van der Waals surface area contributed by atoms with Gasteiger partial charge in [0.2, 0.25) is 0 Å². The van der Waals surface area contributed by atoms with E-state index in [-0.39, 0.29) is 16.5 Å². The second-order valence-electron chi connectivity index (χ2n) is 16.6. The third-order valence-corrected chi connectivity index (χ3v) is 11.4. The molecule has 2 aromatic rings. The van der Waals surface area contributed by atoms with Crippen LogP contribution in [0.5, 0.6) is 0 Å². The monoisotopic (exact) mass is 811 g/mol. The van der Waals surface area contributed by atoms with Crippen LogP contribution < -0.4 is 0 Å². The average Bonchev–Trinajstić information content (AvgIpc) is 3.20. The average molecular weight is 812 g/mol. The van der Waals surface area contributed by atoms with E-state index in [4.69, 9.17) is 9.98 Å². The van der Waals surface area contributed by atoms with Crippen molar-refractivity contribution in [3.63, 3.8) is 0 Å². The molecule has 0 amide bonds. The van der Waals surface area contributed by atoms with Crippen molar-refractivity contribution in [1.82, 2.24) is 0 Å². The van der Waals surface area contributed by atoms with Crippen molar-refractivity contribution in [2.75, 3.05) is 0 Å². The number of unbranched alkanes of at least 4 members (excludes halogenated alkanes) is 20. The number of allylic oxidation sites excluding steroid dienone is 2. The van der Waals surface area contributed by atoms with Gasteiger partial charge in [0, 0.05) is 16.5 Å². The van der Waals surface area contributed by atoms with Gasteiger partial charge in [-0.1, -0.05) is 182 Å². The molecule has 2 nitrogen and oxygen atoms in total. The Labute approximate surface area is 359 Å². The number of aliphatic imine (C=N–C) groups is 2. The van der Waals surface area contributed by atoms with Crippen LogP contribution in [0.1, 0.15) is 237 Å². The van der Waals surface area contributed by atoms with Gasteiger partial charge in [-0.3, -0.25) is 4.99 Å². The van der Waals surface area contributed by atoms with Gasteiger partial charge in [0.05, 0.1) is 22.8 Å². The molecule has 0 bridgehead atoms. The summed E-state index contributed by atoms with van der Waals surface area (Å²) in [6.45, 7) is 13.8. The summed E-state index contributed by atoms with van der Waals surface area (Å²) in [7, 11) is 0. The van der Waals surface area contributed by atoms with E-state index >= 15 is 0 Å². The van der Waals surface area contributed by atoms with Crippen LogP contribution in [0.15, 0.2) is 58.5 Å². The Balaban J connectivity index is 0.0000157. The Hall–Kier alpha value is -1.99. The Bertz CT molecular complexity index is 1320. The molecule has 56 heavy (non-hydrogen) atoms. The fourth-order valence-corrected chi connectivity index (χ4v) is 7.69. The number of hydrogen-bond acceptors (Lipinski definition) is 2. The van der Waals surface area contributed by atoms with Crippen LogP contribution in [-0.2, 0) is 42.2 Å². The van der Waals surface area contributed by atoms with Crippen molar-refractivity contribution < 1.29 is 16.5 Å². The van der Waals surface area contributed by atoms with E-state index < -0.39 is 0 Å². The summed E-state index contributed by atoms with van der Waals surface area (Å²) in [6, 6.07) is 14.1. The molecule has 0 aliphatic heterocycles. The molecular weight excluding hydrogens is 723 g/mol. The van der Waals surface area contributed by atoms with Crippen molar-refractivity contribution in [1.29, 1.82) is 0 Å². The predicted octanol–water partition coefficient (Wildman–Crippen LogP) is 17.9. The van der Waals surface area contributed by atoms with Crippen LogP contribution in [0.25, 0.3) is 0 Å². The van der Waals surface area contributed by atoms with Crippen LogP contribution in [-0.4, -0.2) is 11.4 Å². The van der Waals surface area contributed by atoms with E-state index in [0.717, 1.165) is 61.3 Å². The Morgan fingerprint density at radius 2 is 0.786 bits per heavy atom. The topological polar surface area (TPSA) is 24.7 Å². The first-order valence-electron chi connectivity index (χ1n) is 24.2. The van der Waals surface area contributed by atoms with Gasteiger partial charge in [-0.15, -0.1) is 0 Å². The van der Waals surface area contributed by atoms with Gasteiger partial charge in [-0.25, -0.2) is 4.99 Å². The molecule has 0 spiro atoms. The molecule has 320 valence electrons. The maximum atomic E-state index is 5.44. The van der Waals surface area contributed by atoms with Crippen molar-refractivity contribution in [2.24, 2.45) is 9.98 Å². The molecule has 2 rings (SSSR count). The van der Waals surface area contributed by atoms with E-state index in [9.17, 15) is 0 Å². The summed E-state index contributed by atoms with van der Waals surface area (Å²) in [4.78, 5) is 10.9. The van der Waals surface area contributed by atoms with Gasteiger partial charge in [0.15, 0.2) is 0 Å². The number of aryl methyl sites for hydroxylation is 4. The fourth-order valence-electron chi connectivity index (χ4n) is 7.69. The maximum absolute atomic E-state index is 5.44. The summed E-state index contributed by atoms with van der Waals surface area (Å²) >= 11 is 0. The number of nitrogens with zero attached hydrogens (tertiary/aromatic N) is 2. The molecule has 0 aliphatic carbocycles. The first-order valence-corrected chi connectivity index (χ1v) is 24.2. The van der Waals surface area contributed by atoms with E-state index in [1.807, 2.05) is 0 Å². The van der Waals surface area contributed by atoms with Crippen molar-refractivity contribution in [3.05, 3.63) is 70.8 Å². The summed E-state index contributed by atoms with van der Waals surface area (Å²) in [5.74, 6) is 0. The van der Waals surface area contributed by atoms with Gasteiger partial charge >= 0.3 is 0 Å². The normalized spacial score (nSPS) is 12.2. The third-order valence-electron chi connectivity index (χ3n) is 11.4. The first-order chi connectivity index (χ1) is 27.1. The minimum Gasteiger partial charge on any atom is -0.251 e. The molecule has 0 radical (unpaired) electrons. The molecular formula is C53H88N2Ni. The molecule has 2 aromatic carbocycles. The molecule has 0 saturated carbocycles. The first kappa shape index (κ1) is 52.0. The molecule has 0 saturated heterocycles. The van der Waals surface area contributed by atoms with Crippen molar-refractivity contribution in [2.45, 2.75) is 241 Å². The minimum absolute atomic E-state index is 0. The Kier molecular flexibility index (Phi) is 33.6. The van der Waals surface area contributed by atoms with Gasteiger partial charge in [0.25, 0.3) is 0 Å². The van der Waals surface area contributed by atoms with Crippen LogP contribution in [0.3, 0.4) is 0 Å². The molecule has 0 aromatic heterocycles. The number of rotatable bonds is 35. The fraction of sp³-hybridized carbons (Fsp3) is 0.698. The molecule has 0 unspecified atom stereocenters. The smallest absolute Gasteiger partial charge is 0.0848 e. The van der Waals surface area contributed by atoms with E-state index in [1.165, 1.54) is 183 Å². The zero-order valence-electron chi connectivity index (χ0n) is 37.7. The molecule has 0 fully saturated rings. The third kappa shape index (κ3) is 24.1. The quantitative estimate of drug-likeness (QED) is 0.0376. The minimum atomic E-state index is 0. The zero-order chi connectivity index (χ0) is 39.6. The zero-order valence-corrected chi connectivity index (χ0v) is 38.7. The van der Waals surface area contributed by atoms with Crippen LogP contribution >= 0.6 is 0 Å². The van der Waals surface area contributed by atoms with E-state index in [2.05, 4.69) is 90.1 Å². The molecule has 0 N–H and O–H groups in total. The molecule has 0 aliphatic rings. The standard InChI is InChI=1S/C53H88N2.Ni/c1-7-13-19-20-21-22-23-24-25-26-27-28-29-30-31-32-33-39-53(55-51-43-41-47(35-15-9-3)49(45-51)37-17-11-5)52(38-18-12-6)54-50-42-40-46(34-14-8-2)48(44-50)36-16-10-4;/h33,39-45H,7-32,34-38H2,1-6H3;. The van der Waals surface area contributed by atoms with Crippen LogP contribution in [0, 0.1) is 0 Å². The van der Waals surface area contributed by atoms with Crippen LogP contribution in [0.2, 0.25) is 0 Å². The van der Waals surface area contributed by atoms with E-state index in [1.54, 1.807) is 0 Å². The summed E-state index contributed by atoms with van der Waals surface area (Å²) in [5.41, 5.74) is 10.4. The Morgan fingerprint density at radius 1 is 0.411 bits per heavy atom. The maximum Gasteiger partial charge on any atom is 0.0848 e. The second-order valence-corrected chi connectivity index (χ2v) is 16.6. The molecule has 0 atom stereocenters. The van der Waals surface area contributed by atoms with Crippen molar-refractivity contribution >= 4 is 22.8 Å². The van der Waals surface area contributed by atoms with Gasteiger partial charge in [-0.05, 0) is 130 Å².